The maximum atomic E-state index is 3.80. The van der Waals surface area contributed by atoms with Gasteiger partial charge in [0, 0.05) is 0 Å². The second kappa shape index (κ2) is 31.7. The van der Waals surface area contributed by atoms with Crippen molar-refractivity contribution < 1.29 is 0 Å². The van der Waals surface area contributed by atoms with Gasteiger partial charge in [0.2, 0.25) is 0 Å². The van der Waals surface area contributed by atoms with Gasteiger partial charge in [0.15, 0.2) is 0 Å². The third-order valence-corrected chi connectivity index (χ3v) is 7.51. The smallest absolute Gasteiger partial charge is 0.0353 e. The van der Waals surface area contributed by atoms with Gasteiger partial charge in [0.25, 0.3) is 0 Å². The molecule has 0 aromatic carbocycles. The van der Waals surface area contributed by atoms with Gasteiger partial charge in [-0.05, 0) is 12.8 Å². The molecule has 0 saturated heterocycles. The van der Waals surface area contributed by atoms with Crippen LogP contribution in [0.25, 0.3) is 0 Å². The SMILES string of the molecule is C=CCCCCCCCCCCCCCCCCCCCCCCCCCCCCCCC. The van der Waals surface area contributed by atoms with E-state index in [9.17, 15) is 0 Å². The first kappa shape index (κ1) is 32.7. The van der Waals surface area contributed by atoms with Crippen molar-refractivity contribution in [1.29, 1.82) is 0 Å². The Kier molecular flexibility index (Phi) is 31.5. The molecule has 0 nitrogen and oxygen atoms in total. The summed E-state index contributed by atoms with van der Waals surface area (Å²) >= 11 is 0. The van der Waals surface area contributed by atoms with Crippen LogP contribution in [0.5, 0.6) is 0 Å². The topological polar surface area (TPSA) is 0 Å². The van der Waals surface area contributed by atoms with E-state index in [1.165, 1.54) is 193 Å². The first-order chi connectivity index (χ1) is 16.4. The summed E-state index contributed by atoms with van der Waals surface area (Å²) in [6.45, 7) is 6.10. The Balaban J connectivity index is 2.99. The first-order valence-corrected chi connectivity index (χ1v) is 16.0. The molecule has 198 valence electrons. The average molecular weight is 463 g/mol. The molecule has 0 heterocycles. The van der Waals surface area contributed by atoms with Crippen LogP contribution >= 0.6 is 0 Å². The van der Waals surface area contributed by atoms with Crippen LogP contribution in [0.1, 0.15) is 200 Å². The molecule has 0 amide bonds. The van der Waals surface area contributed by atoms with Crippen LogP contribution < -0.4 is 0 Å². The minimum absolute atomic E-state index is 1.21. The van der Waals surface area contributed by atoms with E-state index in [4.69, 9.17) is 0 Å². The molecular weight excluding hydrogens is 396 g/mol. The second-order valence-corrected chi connectivity index (χ2v) is 11.0. The van der Waals surface area contributed by atoms with Crippen molar-refractivity contribution in [3.8, 4) is 0 Å². The van der Waals surface area contributed by atoms with Crippen molar-refractivity contribution in [3.63, 3.8) is 0 Å². The summed E-state index contributed by atoms with van der Waals surface area (Å²) < 4.78 is 0. The lowest BCUT2D eigenvalue weighted by Gasteiger charge is -2.04. The molecule has 0 N–H and O–H groups in total. The van der Waals surface area contributed by atoms with Crippen molar-refractivity contribution >= 4 is 0 Å². The normalized spacial score (nSPS) is 11.3. The van der Waals surface area contributed by atoms with Crippen molar-refractivity contribution in [1.82, 2.24) is 0 Å². The molecule has 0 aromatic heterocycles. The molecule has 33 heavy (non-hydrogen) atoms. The van der Waals surface area contributed by atoms with Crippen LogP contribution in [-0.2, 0) is 0 Å². The molecule has 0 rings (SSSR count). The highest BCUT2D eigenvalue weighted by molar-refractivity contribution is 4.65. The fourth-order valence-electron chi connectivity index (χ4n) is 5.13. The zero-order chi connectivity index (χ0) is 23.9. The van der Waals surface area contributed by atoms with Crippen molar-refractivity contribution in [2.45, 2.75) is 200 Å². The third kappa shape index (κ3) is 31.7. The Bertz CT molecular complexity index is 331. The van der Waals surface area contributed by atoms with Gasteiger partial charge in [-0.3, -0.25) is 0 Å². The van der Waals surface area contributed by atoms with Gasteiger partial charge < -0.3 is 0 Å². The molecule has 0 aliphatic carbocycles. The minimum atomic E-state index is 1.21. The fraction of sp³-hybridized carbons (Fsp3) is 0.939. The molecule has 0 fully saturated rings. The second-order valence-electron chi connectivity index (χ2n) is 11.0. The maximum Gasteiger partial charge on any atom is -0.0353 e. The van der Waals surface area contributed by atoms with Crippen LogP contribution in [0.15, 0.2) is 12.7 Å². The fourth-order valence-corrected chi connectivity index (χ4v) is 5.13. The standard InChI is InChI=1S/C33H66/c1-3-5-7-9-11-13-15-17-19-21-23-25-27-29-31-33-32-30-28-26-24-22-20-18-16-14-12-10-8-6-4-2/h3H,1,4-33H2,2H3. The molecule has 0 spiro atoms. The molecule has 0 atom stereocenters. The van der Waals surface area contributed by atoms with E-state index in [1.807, 2.05) is 0 Å². The Morgan fingerprint density at radius 1 is 0.303 bits per heavy atom. The van der Waals surface area contributed by atoms with Gasteiger partial charge in [0.05, 0.1) is 0 Å². The summed E-state index contributed by atoms with van der Waals surface area (Å²) in [6.07, 6.45) is 45.9. The summed E-state index contributed by atoms with van der Waals surface area (Å²) in [5, 5.41) is 0. The molecule has 0 aliphatic rings. The monoisotopic (exact) mass is 463 g/mol. The molecule has 0 aliphatic heterocycles. The number of allylic oxidation sites excluding steroid dienone is 1. The Hall–Kier alpha value is -0.260. The lowest BCUT2D eigenvalue weighted by molar-refractivity contribution is 0.513. The van der Waals surface area contributed by atoms with Crippen molar-refractivity contribution in [2.75, 3.05) is 0 Å². The molecule has 0 unspecified atom stereocenters. The number of hydrogen-bond acceptors (Lipinski definition) is 0. The molecular formula is C33H66. The van der Waals surface area contributed by atoms with Crippen molar-refractivity contribution in [2.24, 2.45) is 0 Å². The largest absolute Gasteiger partial charge is 0.103 e. The highest BCUT2D eigenvalue weighted by atomic mass is 14.0. The van der Waals surface area contributed by atoms with E-state index in [0.29, 0.717) is 0 Å². The molecule has 0 radical (unpaired) electrons. The van der Waals surface area contributed by atoms with Crippen molar-refractivity contribution in [3.05, 3.63) is 12.7 Å². The summed E-state index contributed by atoms with van der Waals surface area (Å²) in [5.41, 5.74) is 0. The Morgan fingerprint density at radius 2 is 0.485 bits per heavy atom. The highest BCUT2D eigenvalue weighted by Crippen LogP contribution is 2.16. The van der Waals surface area contributed by atoms with Gasteiger partial charge in [-0.1, -0.05) is 193 Å². The number of hydrogen-bond donors (Lipinski definition) is 0. The lowest BCUT2D eigenvalue weighted by atomic mass is 10.0. The van der Waals surface area contributed by atoms with Gasteiger partial charge in [-0.2, -0.15) is 0 Å². The van der Waals surface area contributed by atoms with E-state index in [-0.39, 0.29) is 0 Å². The van der Waals surface area contributed by atoms with Gasteiger partial charge in [-0.15, -0.1) is 6.58 Å². The van der Waals surface area contributed by atoms with E-state index >= 15 is 0 Å². The van der Waals surface area contributed by atoms with E-state index in [1.54, 1.807) is 0 Å². The Labute approximate surface area is 212 Å². The average Bonchev–Trinajstić information content (AvgIpc) is 2.83. The summed E-state index contributed by atoms with van der Waals surface area (Å²) in [6, 6.07) is 0. The quantitative estimate of drug-likeness (QED) is 0.0735. The Morgan fingerprint density at radius 3 is 0.667 bits per heavy atom. The van der Waals surface area contributed by atoms with E-state index in [2.05, 4.69) is 19.6 Å². The summed E-state index contributed by atoms with van der Waals surface area (Å²) in [7, 11) is 0. The van der Waals surface area contributed by atoms with Crippen LogP contribution in [-0.4, -0.2) is 0 Å². The lowest BCUT2D eigenvalue weighted by Crippen LogP contribution is -1.85. The van der Waals surface area contributed by atoms with Crippen LogP contribution in [0.2, 0.25) is 0 Å². The van der Waals surface area contributed by atoms with Crippen LogP contribution in [0.3, 0.4) is 0 Å². The van der Waals surface area contributed by atoms with Gasteiger partial charge in [0.1, 0.15) is 0 Å². The first-order valence-electron chi connectivity index (χ1n) is 16.0. The minimum Gasteiger partial charge on any atom is -0.103 e. The maximum absolute atomic E-state index is 3.80. The van der Waals surface area contributed by atoms with Crippen LogP contribution in [0, 0.1) is 0 Å². The van der Waals surface area contributed by atoms with Crippen LogP contribution in [0.4, 0.5) is 0 Å². The number of unbranched alkanes of at least 4 members (excludes halogenated alkanes) is 29. The highest BCUT2D eigenvalue weighted by Gasteiger charge is 1.96. The molecule has 0 heteroatoms. The molecule has 0 bridgehead atoms. The van der Waals surface area contributed by atoms with Gasteiger partial charge in [-0.25, -0.2) is 0 Å². The zero-order valence-electron chi connectivity index (χ0n) is 23.5. The van der Waals surface area contributed by atoms with E-state index < -0.39 is 0 Å². The molecule has 0 aromatic rings. The number of rotatable bonds is 30. The molecule has 0 saturated carbocycles. The van der Waals surface area contributed by atoms with Gasteiger partial charge >= 0.3 is 0 Å². The summed E-state index contributed by atoms with van der Waals surface area (Å²) in [5.74, 6) is 0. The third-order valence-electron chi connectivity index (χ3n) is 7.51. The predicted octanol–water partition coefficient (Wildman–Crippen LogP) is 12.9. The predicted molar refractivity (Wildman–Crippen MR) is 154 cm³/mol. The zero-order valence-corrected chi connectivity index (χ0v) is 23.5. The van der Waals surface area contributed by atoms with E-state index in [0.717, 1.165) is 0 Å². The summed E-state index contributed by atoms with van der Waals surface area (Å²) in [4.78, 5) is 0.